The fraction of sp³-hybridized carbons (Fsp3) is 0.389. The summed E-state index contributed by atoms with van der Waals surface area (Å²) in [4.78, 5) is 12.5. The standard InChI is InChI=1S/C18H24N2O2/c1-5-10-22-15-8-6-14(7-9-15)17(19)16-12(2)11-13(3)20(4)18(16)21/h6-9,11,17H,5,10,19H2,1-4H3. The largest absolute Gasteiger partial charge is 0.494 e. The molecule has 0 saturated heterocycles. The minimum atomic E-state index is -0.431. The zero-order valence-electron chi connectivity index (χ0n) is 13.7. The lowest BCUT2D eigenvalue weighted by Crippen LogP contribution is -2.29. The van der Waals surface area contributed by atoms with Crippen LogP contribution in [0, 0.1) is 13.8 Å². The third-order valence-electron chi connectivity index (χ3n) is 3.94. The number of ether oxygens (including phenoxy) is 1. The maximum Gasteiger partial charge on any atom is 0.255 e. The van der Waals surface area contributed by atoms with Gasteiger partial charge in [-0.15, -0.1) is 0 Å². The van der Waals surface area contributed by atoms with Crippen LogP contribution in [0.15, 0.2) is 35.1 Å². The van der Waals surface area contributed by atoms with E-state index in [-0.39, 0.29) is 5.56 Å². The maximum atomic E-state index is 12.5. The predicted molar refractivity (Wildman–Crippen MR) is 89.4 cm³/mol. The summed E-state index contributed by atoms with van der Waals surface area (Å²) in [6, 6.07) is 9.22. The molecule has 1 aromatic carbocycles. The predicted octanol–water partition coefficient (Wildman–Crippen LogP) is 2.84. The van der Waals surface area contributed by atoms with Crippen molar-refractivity contribution in [2.45, 2.75) is 33.2 Å². The fourth-order valence-electron chi connectivity index (χ4n) is 2.53. The average molecular weight is 300 g/mol. The van der Waals surface area contributed by atoms with Crippen LogP contribution in [-0.2, 0) is 7.05 Å². The first-order chi connectivity index (χ1) is 10.5. The minimum absolute atomic E-state index is 0.0312. The van der Waals surface area contributed by atoms with Crippen LogP contribution in [-0.4, -0.2) is 11.2 Å². The van der Waals surface area contributed by atoms with Crippen molar-refractivity contribution in [1.82, 2.24) is 4.57 Å². The first-order valence-corrected chi connectivity index (χ1v) is 7.61. The molecule has 22 heavy (non-hydrogen) atoms. The fourth-order valence-corrected chi connectivity index (χ4v) is 2.53. The zero-order valence-corrected chi connectivity index (χ0v) is 13.7. The molecule has 0 spiro atoms. The molecule has 0 aliphatic carbocycles. The van der Waals surface area contributed by atoms with E-state index in [9.17, 15) is 4.79 Å². The van der Waals surface area contributed by atoms with E-state index in [1.165, 1.54) is 0 Å². The second-order valence-corrected chi connectivity index (χ2v) is 5.64. The number of aromatic nitrogens is 1. The van der Waals surface area contributed by atoms with E-state index in [4.69, 9.17) is 10.5 Å². The number of hydrogen-bond donors (Lipinski definition) is 1. The Kier molecular flexibility index (Phi) is 5.03. The number of nitrogens with two attached hydrogens (primary N) is 1. The lowest BCUT2D eigenvalue weighted by molar-refractivity contribution is 0.317. The van der Waals surface area contributed by atoms with Gasteiger partial charge in [0.15, 0.2) is 0 Å². The molecule has 0 fully saturated rings. The summed E-state index contributed by atoms with van der Waals surface area (Å²) in [5.74, 6) is 0.825. The summed E-state index contributed by atoms with van der Waals surface area (Å²) >= 11 is 0. The van der Waals surface area contributed by atoms with Crippen molar-refractivity contribution in [3.63, 3.8) is 0 Å². The molecular formula is C18H24N2O2. The van der Waals surface area contributed by atoms with Crippen molar-refractivity contribution >= 4 is 0 Å². The Hall–Kier alpha value is -2.07. The minimum Gasteiger partial charge on any atom is -0.494 e. The Balaban J connectivity index is 2.34. The summed E-state index contributed by atoms with van der Waals surface area (Å²) in [5, 5.41) is 0. The molecule has 0 bridgehead atoms. The first-order valence-electron chi connectivity index (χ1n) is 7.61. The summed E-state index contributed by atoms with van der Waals surface area (Å²) in [6.07, 6.45) is 0.972. The van der Waals surface area contributed by atoms with E-state index in [0.717, 1.165) is 29.0 Å². The molecule has 2 N–H and O–H groups in total. The maximum absolute atomic E-state index is 12.5. The van der Waals surface area contributed by atoms with Gasteiger partial charge in [0.2, 0.25) is 0 Å². The van der Waals surface area contributed by atoms with E-state index in [2.05, 4.69) is 6.92 Å². The quantitative estimate of drug-likeness (QED) is 0.923. The molecular weight excluding hydrogens is 276 g/mol. The smallest absolute Gasteiger partial charge is 0.255 e. The third kappa shape index (κ3) is 3.22. The third-order valence-corrected chi connectivity index (χ3v) is 3.94. The highest BCUT2D eigenvalue weighted by Crippen LogP contribution is 2.22. The Morgan fingerprint density at radius 3 is 2.45 bits per heavy atom. The molecule has 1 aromatic heterocycles. The van der Waals surface area contributed by atoms with E-state index in [1.807, 2.05) is 44.2 Å². The highest BCUT2D eigenvalue weighted by atomic mass is 16.5. The van der Waals surface area contributed by atoms with Crippen molar-refractivity contribution < 1.29 is 4.74 Å². The van der Waals surface area contributed by atoms with Crippen molar-refractivity contribution in [3.8, 4) is 5.75 Å². The molecule has 1 atom stereocenters. The second-order valence-electron chi connectivity index (χ2n) is 5.64. The van der Waals surface area contributed by atoms with Crippen molar-refractivity contribution in [2.24, 2.45) is 12.8 Å². The SMILES string of the molecule is CCCOc1ccc(C(N)c2c(C)cc(C)n(C)c2=O)cc1. The Labute approximate surface area is 131 Å². The number of hydrogen-bond acceptors (Lipinski definition) is 3. The lowest BCUT2D eigenvalue weighted by atomic mass is 9.96. The summed E-state index contributed by atoms with van der Waals surface area (Å²) < 4.78 is 7.21. The van der Waals surface area contributed by atoms with E-state index >= 15 is 0 Å². The van der Waals surface area contributed by atoms with Gasteiger partial charge in [-0.25, -0.2) is 0 Å². The zero-order chi connectivity index (χ0) is 16.3. The molecule has 0 radical (unpaired) electrons. The van der Waals surface area contributed by atoms with Crippen LogP contribution >= 0.6 is 0 Å². The van der Waals surface area contributed by atoms with Crippen LogP contribution in [0.5, 0.6) is 5.75 Å². The van der Waals surface area contributed by atoms with E-state index < -0.39 is 6.04 Å². The van der Waals surface area contributed by atoms with Gasteiger partial charge >= 0.3 is 0 Å². The summed E-state index contributed by atoms with van der Waals surface area (Å²) in [6.45, 7) is 6.62. The molecule has 2 aromatic rings. The van der Waals surface area contributed by atoms with Crippen molar-refractivity contribution in [2.75, 3.05) is 6.61 Å². The molecule has 0 amide bonds. The topological polar surface area (TPSA) is 57.2 Å². The van der Waals surface area contributed by atoms with Gasteiger partial charge in [-0.2, -0.15) is 0 Å². The van der Waals surface area contributed by atoms with E-state index in [1.54, 1.807) is 11.6 Å². The van der Waals surface area contributed by atoms with Crippen LogP contribution in [0.1, 0.15) is 41.8 Å². The van der Waals surface area contributed by atoms with Crippen molar-refractivity contribution in [3.05, 3.63) is 63.1 Å². The number of aryl methyl sites for hydroxylation is 2. The summed E-state index contributed by atoms with van der Waals surface area (Å²) in [7, 11) is 1.77. The molecule has 2 rings (SSSR count). The molecule has 4 nitrogen and oxygen atoms in total. The van der Waals surface area contributed by atoms with Gasteiger partial charge in [-0.05, 0) is 49.6 Å². The highest BCUT2D eigenvalue weighted by molar-refractivity contribution is 5.38. The van der Waals surface area contributed by atoms with Crippen LogP contribution in [0.3, 0.4) is 0 Å². The van der Waals surface area contributed by atoms with E-state index in [0.29, 0.717) is 12.2 Å². The van der Waals surface area contributed by atoms with Gasteiger partial charge in [0.25, 0.3) is 5.56 Å². The van der Waals surface area contributed by atoms with Gasteiger partial charge in [-0.1, -0.05) is 19.1 Å². The van der Waals surface area contributed by atoms with Gasteiger partial charge in [0.1, 0.15) is 5.75 Å². The number of nitrogens with zero attached hydrogens (tertiary/aromatic N) is 1. The first kappa shape index (κ1) is 16.3. The molecule has 0 saturated carbocycles. The Bertz CT molecular complexity index is 702. The van der Waals surface area contributed by atoms with Crippen LogP contribution in [0.2, 0.25) is 0 Å². The van der Waals surface area contributed by atoms with Crippen molar-refractivity contribution in [1.29, 1.82) is 0 Å². The summed E-state index contributed by atoms with van der Waals surface area (Å²) in [5.41, 5.74) is 9.72. The highest BCUT2D eigenvalue weighted by Gasteiger charge is 2.17. The number of rotatable bonds is 5. The average Bonchev–Trinajstić information content (AvgIpc) is 2.51. The number of benzene rings is 1. The van der Waals surface area contributed by atoms with Crippen LogP contribution < -0.4 is 16.0 Å². The van der Waals surface area contributed by atoms with Gasteiger partial charge in [-0.3, -0.25) is 4.79 Å². The monoisotopic (exact) mass is 300 g/mol. The second kappa shape index (κ2) is 6.79. The molecule has 0 aliphatic rings. The van der Waals surface area contributed by atoms with Gasteiger partial charge in [0, 0.05) is 18.3 Å². The molecule has 1 heterocycles. The lowest BCUT2D eigenvalue weighted by Gasteiger charge is -2.17. The van der Waals surface area contributed by atoms with Gasteiger partial charge in [0.05, 0.1) is 12.6 Å². The van der Waals surface area contributed by atoms with Gasteiger partial charge < -0.3 is 15.0 Å². The number of pyridine rings is 1. The molecule has 118 valence electrons. The molecule has 0 aliphatic heterocycles. The molecule has 4 heteroatoms. The normalized spacial score (nSPS) is 12.2. The Morgan fingerprint density at radius 2 is 1.86 bits per heavy atom. The van der Waals surface area contributed by atoms with Crippen LogP contribution in [0.25, 0.3) is 0 Å². The Morgan fingerprint density at radius 1 is 1.23 bits per heavy atom. The molecule has 1 unspecified atom stereocenters. The van der Waals surface area contributed by atoms with Crippen LogP contribution in [0.4, 0.5) is 0 Å².